The molecule has 3 rings (SSSR count). The molecule has 2 aromatic rings. The molecular weight excluding hydrogens is 337 g/mol. The van der Waals surface area contributed by atoms with Crippen LogP contribution in [0.5, 0.6) is 0 Å². The number of nitrogens with one attached hydrogen (secondary N) is 1. The number of carbonyl (C=O) groups is 1. The molecule has 1 fully saturated rings. The maximum Gasteiger partial charge on any atom is 0.269 e. The Bertz CT molecular complexity index is 710. The van der Waals surface area contributed by atoms with Crippen LogP contribution >= 0.6 is 23.2 Å². The molecule has 0 atom stereocenters. The highest BCUT2D eigenvalue weighted by Gasteiger charge is 2.24. The molecule has 1 amide bonds. The van der Waals surface area contributed by atoms with Gasteiger partial charge in [0.15, 0.2) is 0 Å². The van der Waals surface area contributed by atoms with Gasteiger partial charge >= 0.3 is 0 Å². The Kier molecular flexibility index (Phi) is 4.73. The van der Waals surface area contributed by atoms with Gasteiger partial charge in [-0.1, -0.05) is 23.2 Å². The number of piperidine rings is 1. The number of nitrogens with zero attached hydrogens (tertiary/aromatic N) is 4. The van der Waals surface area contributed by atoms with Crippen molar-refractivity contribution in [1.29, 1.82) is 0 Å². The molecular formula is C15H17Cl2N5O. The van der Waals surface area contributed by atoms with Crippen molar-refractivity contribution in [2.75, 3.05) is 18.0 Å². The molecule has 1 saturated heterocycles. The van der Waals surface area contributed by atoms with Crippen LogP contribution in [0.15, 0.2) is 24.5 Å². The molecule has 0 radical (unpaired) electrons. The third-order valence-electron chi connectivity index (χ3n) is 3.97. The zero-order valence-corrected chi connectivity index (χ0v) is 14.2. The van der Waals surface area contributed by atoms with E-state index in [1.54, 1.807) is 36.3 Å². The van der Waals surface area contributed by atoms with Crippen LogP contribution in [0.25, 0.3) is 0 Å². The van der Waals surface area contributed by atoms with E-state index in [1.165, 1.54) is 0 Å². The van der Waals surface area contributed by atoms with Gasteiger partial charge in [-0.05, 0) is 25.0 Å². The van der Waals surface area contributed by atoms with Crippen molar-refractivity contribution in [2.45, 2.75) is 18.9 Å². The molecule has 23 heavy (non-hydrogen) atoms. The van der Waals surface area contributed by atoms with Crippen LogP contribution in [-0.4, -0.2) is 39.8 Å². The summed E-state index contributed by atoms with van der Waals surface area (Å²) >= 11 is 12.1. The second kappa shape index (κ2) is 6.76. The molecule has 1 aliphatic rings. The average Bonchev–Trinajstić information content (AvgIpc) is 2.95. The van der Waals surface area contributed by atoms with Crippen molar-refractivity contribution in [3.05, 3.63) is 40.3 Å². The van der Waals surface area contributed by atoms with Crippen molar-refractivity contribution < 1.29 is 4.79 Å². The number of anilines is 1. The van der Waals surface area contributed by atoms with Crippen molar-refractivity contribution in [2.24, 2.45) is 7.05 Å². The van der Waals surface area contributed by atoms with Gasteiger partial charge in [-0.15, -0.1) is 0 Å². The predicted molar refractivity (Wildman–Crippen MR) is 90.2 cm³/mol. The van der Waals surface area contributed by atoms with Gasteiger partial charge in [0.25, 0.3) is 5.91 Å². The van der Waals surface area contributed by atoms with Gasteiger partial charge in [-0.3, -0.25) is 9.48 Å². The summed E-state index contributed by atoms with van der Waals surface area (Å²) in [5.74, 6) is 0.651. The summed E-state index contributed by atoms with van der Waals surface area (Å²) in [4.78, 5) is 18.6. The highest BCUT2D eigenvalue weighted by Crippen LogP contribution is 2.28. The van der Waals surface area contributed by atoms with Crippen LogP contribution in [0.2, 0.25) is 10.0 Å². The van der Waals surface area contributed by atoms with Gasteiger partial charge < -0.3 is 10.2 Å². The monoisotopic (exact) mass is 353 g/mol. The quantitative estimate of drug-likeness (QED) is 0.920. The Morgan fingerprint density at radius 2 is 2.09 bits per heavy atom. The van der Waals surface area contributed by atoms with Crippen LogP contribution in [0.1, 0.15) is 23.3 Å². The number of halogens is 2. The molecule has 1 aliphatic heterocycles. The van der Waals surface area contributed by atoms with Crippen LogP contribution in [0.4, 0.5) is 5.82 Å². The fourth-order valence-corrected chi connectivity index (χ4v) is 3.23. The standard InChI is InChI=1S/C15H17Cl2N5O/c1-21-13(2-5-19-21)15(23)20-11-3-6-22(7-4-11)14-12(17)8-10(16)9-18-14/h2,5,8-9,11H,3-4,6-7H2,1H3,(H,20,23). The predicted octanol–water partition coefficient (Wildman–Crippen LogP) is 2.52. The van der Waals surface area contributed by atoms with E-state index in [-0.39, 0.29) is 11.9 Å². The van der Waals surface area contributed by atoms with E-state index in [0.29, 0.717) is 15.7 Å². The molecule has 0 saturated carbocycles. The third kappa shape index (κ3) is 3.59. The van der Waals surface area contributed by atoms with E-state index in [9.17, 15) is 4.79 Å². The summed E-state index contributed by atoms with van der Waals surface area (Å²) in [7, 11) is 1.76. The normalized spacial score (nSPS) is 15.7. The topological polar surface area (TPSA) is 63.1 Å². The number of aromatic nitrogens is 3. The largest absolute Gasteiger partial charge is 0.355 e. The van der Waals surface area contributed by atoms with E-state index in [0.717, 1.165) is 31.7 Å². The second-order valence-electron chi connectivity index (χ2n) is 5.53. The first-order valence-corrected chi connectivity index (χ1v) is 8.15. The Hall–Kier alpha value is -1.79. The van der Waals surface area contributed by atoms with Gasteiger partial charge in [-0.2, -0.15) is 5.10 Å². The smallest absolute Gasteiger partial charge is 0.269 e. The van der Waals surface area contributed by atoms with E-state index >= 15 is 0 Å². The number of amides is 1. The molecule has 6 nitrogen and oxygen atoms in total. The minimum Gasteiger partial charge on any atom is -0.355 e. The van der Waals surface area contributed by atoms with E-state index < -0.39 is 0 Å². The lowest BCUT2D eigenvalue weighted by Crippen LogP contribution is -2.45. The Labute approximate surface area is 144 Å². The summed E-state index contributed by atoms with van der Waals surface area (Å²) in [5, 5.41) is 8.15. The van der Waals surface area contributed by atoms with Crippen molar-refractivity contribution in [3.8, 4) is 0 Å². The summed E-state index contributed by atoms with van der Waals surface area (Å²) in [6.07, 6.45) is 4.89. The summed E-state index contributed by atoms with van der Waals surface area (Å²) in [5.41, 5.74) is 0.565. The Morgan fingerprint density at radius 1 is 1.35 bits per heavy atom. The van der Waals surface area contributed by atoms with Gasteiger partial charge in [0.1, 0.15) is 11.5 Å². The van der Waals surface area contributed by atoms with Crippen LogP contribution in [0, 0.1) is 0 Å². The summed E-state index contributed by atoms with van der Waals surface area (Å²) < 4.78 is 1.57. The number of rotatable bonds is 3. The number of hydrogen-bond acceptors (Lipinski definition) is 4. The minimum absolute atomic E-state index is 0.0916. The number of aryl methyl sites for hydroxylation is 1. The highest BCUT2D eigenvalue weighted by atomic mass is 35.5. The lowest BCUT2D eigenvalue weighted by molar-refractivity contribution is 0.0921. The molecule has 1 N–H and O–H groups in total. The Balaban J connectivity index is 1.58. The molecule has 0 unspecified atom stereocenters. The molecule has 0 bridgehead atoms. The Morgan fingerprint density at radius 3 is 2.70 bits per heavy atom. The molecule has 8 heteroatoms. The van der Waals surface area contributed by atoms with E-state index in [4.69, 9.17) is 23.2 Å². The molecule has 3 heterocycles. The number of pyridine rings is 1. The molecule has 0 spiro atoms. The average molecular weight is 354 g/mol. The van der Waals surface area contributed by atoms with Crippen LogP contribution in [-0.2, 0) is 7.05 Å². The third-order valence-corrected chi connectivity index (χ3v) is 4.46. The molecule has 122 valence electrons. The number of hydrogen-bond donors (Lipinski definition) is 1. The van der Waals surface area contributed by atoms with Crippen molar-refractivity contribution in [1.82, 2.24) is 20.1 Å². The van der Waals surface area contributed by atoms with Crippen molar-refractivity contribution >= 4 is 34.9 Å². The maximum absolute atomic E-state index is 12.2. The van der Waals surface area contributed by atoms with E-state index in [1.807, 2.05) is 0 Å². The first-order valence-electron chi connectivity index (χ1n) is 7.39. The highest BCUT2D eigenvalue weighted by molar-refractivity contribution is 6.36. The lowest BCUT2D eigenvalue weighted by atomic mass is 10.0. The number of carbonyl (C=O) groups excluding carboxylic acids is 1. The van der Waals surface area contributed by atoms with Gasteiger partial charge in [0.05, 0.1) is 10.0 Å². The van der Waals surface area contributed by atoms with Gasteiger partial charge in [0, 0.05) is 38.6 Å². The fourth-order valence-electron chi connectivity index (χ4n) is 2.73. The SMILES string of the molecule is Cn1nccc1C(=O)NC1CCN(c2ncc(Cl)cc2Cl)CC1. The first-order chi connectivity index (χ1) is 11.0. The lowest BCUT2D eigenvalue weighted by Gasteiger charge is -2.33. The maximum atomic E-state index is 12.2. The van der Waals surface area contributed by atoms with Crippen LogP contribution in [0.3, 0.4) is 0 Å². The van der Waals surface area contributed by atoms with Crippen LogP contribution < -0.4 is 10.2 Å². The zero-order valence-electron chi connectivity index (χ0n) is 12.7. The molecule has 0 aliphatic carbocycles. The first kappa shape index (κ1) is 16.1. The van der Waals surface area contributed by atoms with E-state index in [2.05, 4.69) is 20.3 Å². The molecule has 2 aromatic heterocycles. The zero-order chi connectivity index (χ0) is 16.4. The summed E-state index contributed by atoms with van der Waals surface area (Å²) in [6, 6.07) is 3.54. The fraction of sp³-hybridized carbons (Fsp3) is 0.400. The second-order valence-corrected chi connectivity index (χ2v) is 6.38. The van der Waals surface area contributed by atoms with Gasteiger partial charge in [0.2, 0.25) is 0 Å². The minimum atomic E-state index is -0.0916. The van der Waals surface area contributed by atoms with Crippen molar-refractivity contribution in [3.63, 3.8) is 0 Å². The molecule has 0 aromatic carbocycles. The summed E-state index contributed by atoms with van der Waals surface area (Å²) in [6.45, 7) is 1.56. The van der Waals surface area contributed by atoms with Gasteiger partial charge in [-0.25, -0.2) is 4.98 Å².